The zero-order valence-corrected chi connectivity index (χ0v) is 27.4. The highest BCUT2D eigenvalue weighted by molar-refractivity contribution is 7.51. The number of carbonyl (C=O) groups is 3. The van der Waals surface area contributed by atoms with E-state index in [9.17, 15) is 33.1 Å². The Hall–Kier alpha value is -3.38. The van der Waals surface area contributed by atoms with Crippen molar-refractivity contribution in [1.29, 1.82) is 0 Å². The van der Waals surface area contributed by atoms with Crippen LogP contribution in [0.25, 0.3) is 10.1 Å². The van der Waals surface area contributed by atoms with Gasteiger partial charge in [-0.3, -0.25) is 23.9 Å². The molecule has 0 spiro atoms. The van der Waals surface area contributed by atoms with Gasteiger partial charge in [-0.25, -0.2) is 4.39 Å². The van der Waals surface area contributed by atoms with E-state index in [0.29, 0.717) is 46.8 Å². The minimum atomic E-state index is -4.98. The highest BCUT2D eigenvalue weighted by atomic mass is 32.1. The molecule has 3 aliphatic heterocycles. The zero-order chi connectivity index (χ0) is 32.7. The highest BCUT2D eigenvalue weighted by Gasteiger charge is 2.48. The lowest BCUT2D eigenvalue weighted by Crippen LogP contribution is -2.60. The van der Waals surface area contributed by atoms with Crippen molar-refractivity contribution in [1.82, 2.24) is 20.1 Å². The molecule has 46 heavy (non-hydrogen) atoms. The maximum Gasteiger partial charge on any atom is 0.363 e. The van der Waals surface area contributed by atoms with Crippen molar-refractivity contribution in [2.24, 2.45) is 5.92 Å². The number of likely N-dealkylation sites (tertiary alicyclic amines) is 1. The van der Waals surface area contributed by atoms with Crippen molar-refractivity contribution in [3.05, 3.63) is 58.7 Å². The van der Waals surface area contributed by atoms with Crippen LogP contribution in [0.4, 0.5) is 4.39 Å². The molecule has 0 radical (unpaired) electrons. The number of aromatic nitrogens is 1. The number of amides is 3. The molecule has 14 heteroatoms. The van der Waals surface area contributed by atoms with Gasteiger partial charge in [0.25, 0.3) is 5.91 Å². The Kier molecular flexibility index (Phi) is 9.22. The molecule has 246 valence electrons. The predicted molar refractivity (Wildman–Crippen MR) is 170 cm³/mol. The van der Waals surface area contributed by atoms with Crippen LogP contribution < -0.4 is 10.1 Å². The number of hydrogen-bond donors (Lipinski definition) is 3. The van der Waals surface area contributed by atoms with Crippen LogP contribution in [0.3, 0.4) is 0 Å². The third-order valence-corrected chi connectivity index (χ3v) is 11.7. The van der Waals surface area contributed by atoms with Crippen LogP contribution in [0.1, 0.15) is 78.1 Å². The van der Waals surface area contributed by atoms with Crippen LogP contribution in [0, 0.1) is 5.92 Å². The Labute approximate surface area is 270 Å². The molecule has 0 aliphatic carbocycles. The Bertz CT molecular complexity index is 1690. The lowest BCUT2D eigenvalue weighted by atomic mass is 9.87. The fraction of sp³-hybridized carbons (Fsp3) is 0.500. The second kappa shape index (κ2) is 13.0. The van der Waals surface area contributed by atoms with E-state index in [4.69, 9.17) is 4.74 Å². The van der Waals surface area contributed by atoms with Gasteiger partial charge in [0.05, 0.1) is 12.0 Å². The molecule has 0 bridgehead atoms. The molecule has 3 N–H and O–H groups in total. The molecule has 5 atom stereocenters. The van der Waals surface area contributed by atoms with Crippen molar-refractivity contribution in [3.63, 3.8) is 0 Å². The van der Waals surface area contributed by atoms with Crippen LogP contribution >= 0.6 is 18.9 Å². The molecule has 2 aromatic heterocycles. The van der Waals surface area contributed by atoms with E-state index in [0.717, 1.165) is 48.3 Å². The van der Waals surface area contributed by atoms with Crippen molar-refractivity contribution in [2.75, 3.05) is 20.2 Å². The van der Waals surface area contributed by atoms with Gasteiger partial charge in [-0.1, -0.05) is 19.4 Å². The number of fused-ring (bicyclic) bond motifs is 2. The quantitative estimate of drug-likeness (QED) is 0.291. The predicted octanol–water partition coefficient (Wildman–Crippen LogP) is 4.74. The SMILES string of the molecule is CC[C@@H]1CC[C@H](NC(=O)c2cc3cc(C(F)P(=O)(O)O)ccc3s2)C(=O)N2[C@H](CC[C@H]2C(=O)N2CC(c3cnccc3OC)C2)C1. The fourth-order valence-corrected chi connectivity index (χ4v) is 8.60. The summed E-state index contributed by atoms with van der Waals surface area (Å²) in [5.74, 6) is -2.05. The lowest BCUT2D eigenvalue weighted by molar-refractivity contribution is -0.150. The molecule has 11 nitrogen and oxygen atoms in total. The smallest absolute Gasteiger partial charge is 0.363 e. The number of rotatable bonds is 8. The Morgan fingerprint density at radius 3 is 2.67 bits per heavy atom. The van der Waals surface area contributed by atoms with E-state index in [1.807, 2.05) is 0 Å². The number of benzene rings is 1. The fourth-order valence-electron chi connectivity index (χ4n) is 7.10. The maximum absolute atomic E-state index is 14.3. The minimum Gasteiger partial charge on any atom is -0.496 e. The second-order valence-corrected chi connectivity index (χ2v) is 15.2. The van der Waals surface area contributed by atoms with Crippen LogP contribution in [0.2, 0.25) is 0 Å². The lowest BCUT2D eigenvalue weighted by Gasteiger charge is -2.43. The minimum absolute atomic E-state index is 0.0737. The molecule has 3 aromatic rings. The topological polar surface area (TPSA) is 149 Å². The van der Waals surface area contributed by atoms with E-state index < -0.39 is 31.5 Å². The maximum atomic E-state index is 14.3. The van der Waals surface area contributed by atoms with Crippen LogP contribution in [0.15, 0.2) is 42.7 Å². The standard InChI is InChI=1S/C32H38FN4O7PS/c1-3-18-4-7-24(35-30(38)28-14-20-13-19(5-9-27(20)46-28)29(33)45(41,42)43)31(39)37-22(12-18)6-8-25(37)32(40)36-16-21(17-36)23-15-34-11-10-26(23)44-2/h5,9-11,13-15,18,21-22,24-25,29H,3-4,6-8,12,16-17H2,1-2H3,(H,35,38)(H2,41,42,43)/t18-,22-,24+,25+,29?/m1/s1. The number of ether oxygens (including phenoxy) is 1. The first kappa shape index (κ1) is 32.6. The summed E-state index contributed by atoms with van der Waals surface area (Å²) in [6.45, 7) is 3.16. The summed E-state index contributed by atoms with van der Waals surface area (Å²) in [4.78, 5) is 68.0. The largest absolute Gasteiger partial charge is 0.496 e. The number of carbonyl (C=O) groups excluding carboxylic acids is 3. The monoisotopic (exact) mass is 672 g/mol. The van der Waals surface area contributed by atoms with Gasteiger partial charge >= 0.3 is 7.60 Å². The van der Waals surface area contributed by atoms with E-state index in [-0.39, 0.29) is 29.3 Å². The average molecular weight is 673 g/mol. The number of nitrogens with one attached hydrogen (secondary N) is 1. The van der Waals surface area contributed by atoms with Gasteiger partial charge in [-0.05, 0) is 73.2 Å². The molecular formula is C32H38FN4O7PS. The molecule has 3 saturated heterocycles. The van der Waals surface area contributed by atoms with Gasteiger partial charge < -0.3 is 29.6 Å². The molecule has 1 aromatic carbocycles. The first-order valence-corrected chi connectivity index (χ1v) is 18.1. The summed E-state index contributed by atoms with van der Waals surface area (Å²) in [5, 5.41) is 3.40. The summed E-state index contributed by atoms with van der Waals surface area (Å²) in [6, 6.07) is 6.02. The summed E-state index contributed by atoms with van der Waals surface area (Å²) in [5.41, 5.74) is 0.785. The van der Waals surface area contributed by atoms with Gasteiger partial charge in [0.1, 0.15) is 17.8 Å². The molecule has 0 saturated carbocycles. The molecule has 6 rings (SSSR count). The summed E-state index contributed by atoms with van der Waals surface area (Å²) >= 11 is 1.15. The molecular weight excluding hydrogens is 634 g/mol. The third kappa shape index (κ3) is 6.30. The first-order chi connectivity index (χ1) is 22.0. The number of halogens is 1. The van der Waals surface area contributed by atoms with Gasteiger partial charge in [-0.15, -0.1) is 11.3 Å². The van der Waals surface area contributed by atoms with Gasteiger partial charge in [-0.2, -0.15) is 0 Å². The van der Waals surface area contributed by atoms with E-state index in [1.54, 1.807) is 35.4 Å². The van der Waals surface area contributed by atoms with Crippen molar-refractivity contribution < 1.29 is 37.9 Å². The third-order valence-electron chi connectivity index (χ3n) is 9.69. The van der Waals surface area contributed by atoms with Crippen molar-refractivity contribution in [3.8, 4) is 5.75 Å². The van der Waals surface area contributed by atoms with Gasteiger partial charge in [0.2, 0.25) is 17.7 Å². The Morgan fingerprint density at radius 2 is 1.96 bits per heavy atom. The van der Waals surface area contributed by atoms with E-state index in [2.05, 4.69) is 17.2 Å². The Morgan fingerprint density at radius 1 is 1.17 bits per heavy atom. The van der Waals surface area contributed by atoms with Crippen LogP contribution in [0.5, 0.6) is 5.75 Å². The first-order valence-electron chi connectivity index (χ1n) is 15.6. The number of nitrogens with zero attached hydrogens (tertiary/aromatic N) is 3. The normalized spacial score (nSPS) is 24.6. The summed E-state index contributed by atoms with van der Waals surface area (Å²) < 4.78 is 31.8. The summed E-state index contributed by atoms with van der Waals surface area (Å²) in [6.07, 6.45) is 7.72. The molecule has 5 heterocycles. The highest BCUT2D eigenvalue weighted by Crippen LogP contribution is 2.53. The number of pyridine rings is 1. The number of methoxy groups -OCH3 is 1. The number of thiophene rings is 1. The molecule has 3 amide bonds. The number of hydrogen-bond acceptors (Lipinski definition) is 7. The molecule has 1 unspecified atom stereocenters. The van der Waals surface area contributed by atoms with Gasteiger partial charge in [0.15, 0.2) is 0 Å². The van der Waals surface area contributed by atoms with Crippen molar-refractivity contribution >= 4 is 46.7 Å². The van der Waals surface area contributed by atoms with Crippen LogP contribution in [-0.4, -0.2) is 80.6 Å². The second-order valence-electron chi connectivity index (χ2n) is 12.5. The van der Waals surface area contributed by atoms with Gasteiger partial charge in [0, 0.05) is 47.7 Å². The Balaban J connectivity index is 1.18. The summed E-state index contributed by atoms with van der Waals surface area (Å²) in [7, 11) is -3.37. The molecule has 3 fully saturated rings. The zero-order valence-electron chi connectivity index (χ0n) is 25.7. The van der Waals surface area contributed by atoms with Crippen molar-refractivity contribution in [2.45, 2.75) is 75.4 Å². The van der Waals surface area contributed by atoms with E-state index in [1.165, 1.54) is 24.3 Å². The van der Waals surface area contributed by atoms with Crippen LogP contribution in [-0.2, 0) is 14.2 Å². The van der Waals surface area contributed by atoms with E-state index >= 15 is 0 Å². The number of alkyl halides is 1. The molecule has 3 aliphatic rings. The average Bonchev–Trinajstić information content (AvgIpc) is 3.63.